The molecule has 0 spiro atoms. The van der Waals surface area contributed by atoms with E-state index in [4.69, 9.17) is 0 Å². The number of halogens is 5. The van der Waals surface area contributed by atoms with E-state index in [9.17, 15) is 27.2 Å². The molecule has 0 unspecified atom stereocenters. The first kappa shape index (κ1) is 29.7. The van der Waals surface area contributed by atoms with E-state index in [1.807, 2.05) is 11.9 Å². The van der Waals surface area contributed by atoms with Crippen molar-refractivity contribution >= 4 is 17.3 Å². The molecule has 2 aromatic carbocycles. The lowest BCUT2D eigenvalue weighted by molar-refractivity contribution is -0.138. The van der Waals surface area contributed by atoms with Gasteiger partial charge in [0.05, 0.1) is 22.5 Å². The lowest BCUT2D eigenvalue weighted by Crippen LogP contribution is -2.44. The highest BCUT2D eigenvalue weighted by Crippen LogP contribution is 2.36. The van der Waals surface area contributed by atoms with Crippen LogP contribution in [0.3, 0.4) is 0 Å². The van der Waals surface area contributed by atoms with Crippen molar-refractivity contribution in [2.45, 2.75) is 31.7 Å². The first-order valence-corrected chi connectivity index (χ1v) is 13.8. The Morgan fingerprint density at radius 1 is 1.00 bits per heavy atom. The van der Waals surface area contributed by atoms with Crippen molar-refractivity contribution in [3.63, 3.8) is 0 Å². The smallest absolute Gasteiger partial charge is 0.367 e. The standard InChI is InChI=1S/C30H32F5N5O2/c1-38-10-12-40(13-11-38)27-5-3-20(22-14-19(2-4-25(22)32)18-39-8-6-21(31)7-9-39)15-26(27)37-29(42)23-17-36-28(41)16-24(23)30(33,34)35/h2-5,14-17,21H,6-13,18H2,1H3,(H,36,41)(H,37,42). The largest absolute Gasteiger partial charge is 0.417 e. The molecule has 2 aliphatic rings. The van der Waals surface area contributed by atoms with Crippen LogP contribution >= 0.6 is 0 Å². The number of pyridine rings is 1. The molecule has 0 saturated carbocycles. The minimum absolute atomic E-state index is 0.219. The van der Waals surface area contributed by atoms with Crippen LogP contribution in [-0.4, -0.2) is 73.2 Å². The van der Waals surface area contributed by atoms with Crippen LogP contribution in [0.2, 0.25) is 0 Å². The number of anilines is 2. The number of piperazine rings is 1. The van der Waals surface area contributed by atoms with Crippen molar-refractivity contribution in [1.29, 1.82) is 0 Å². The number of piperidine rings is 1. The van der Waals surface area contributed by atoms with Gasteiger partial charge in [-0.2, -0.15) is 13.2 Å². The van der Waals surface area contributed by atoms with Crippen LogP contribution in [0.15, 0.2) is 53.5 Å². The molecule has 0 atom stereocenters. The molecule has 0 aliphatic carbocycles. The molecule has 2 fully saturated rings. The summed E-state index contributed by atoms with van der Waals surface area (Å²) in [6, 6.07) is 10.1. The van der Waals surface area contributed by atoms with Crippen LogP contribution < -0.4 is 15.8 Å². The number of H-pyrrole nitrogens is 1. The Kier molecular flexibility index (Phi) is 8.65. The van der Waals surface area contributed by atoms with Gasteiger partial charge in [-0.25, -0.2) is 8.78 Å². The quantitative estimate of drug-likeness (QED) is 0.390. The van der Waals surface area contributed by atoms with E-state index in [1.54, 1.807) is 30.3 Å². The lowest BCUT2D eigenvalue weighted by Gasteiger charge is -2.35. The number of carbonyl (C=O) groups excluding carboxylic acids is 1. The maximum absolute atomic E-state index is 15.1. The van der Waals surface area contributed by atoms with Crippen LogP contribution in [0, 0.1) is 5.82 Å². The molecule has 0 radical (unpaired) electrons. The van der Waals surface area contributed by atoms with Gasteiger partial charge in [0, 0.05) is 63.6 Å². The number of hydrogen-bond acceptors (Lipinski definition) is 5. The molecule has 0 bridgehead atoms. The number of nitrogens with one attached hydrogen (secondary N) is 2. The summed E-state index contributed by atoms with van der Waals surface area (Å²) in [7, 11) is 1.98. The monoisotopic (exact) mass is 589 g/mol. The van der Waals surface area contributed by atoms with E-state index in [-0.39, 0.29) is 11.3 Å². The Bertz CT molecular complexity index is 1490. The summed E-state index contributed by atoms with van der Waals surface area (Å²) >= 11 is 0. The number of alkyl halides is 4. The molecule has 1 amide bonds. The van der Waals surface area contributed by atoms with Crippen LogP contribution in [0.25, 0.3) is 11.1 Å². The molecule has 2 aliphatic heterocycles. The van der Waals surface area contributed by atoms with Crippen LogP contribution in [0.1, 0.15) is 34.3 Å². The van der Waals surface area contributed by atoms with Gasteiger partial charge in [-0.1, -0.05) is 12.1 Å². The van der Waals surface area contributed by atoms with Gasteiger partial charge in [-0.3, -0.25) is 14.5 Å². The fraction of sp³-hybridized carbons (Fsp3) is 0.400. The van der Waals surface area contributed by atoms with Crippen LogP contribution in [0.5, 0.6) is 0 Å². The summed E-state index contributed by atoms with van der Waals surface area (Å²) < 4.78 is 69.8. The highest BCUT2D eigenvalue weighted by atomic mass is 19.4. The number of amides is 1. The highest BCUT2D eigenvalue weighted by Gasteiger charge is 2.36. The zero-order chi connectivity index (χ0) is 30.0. The first-order valence-electron chi connectivity index (χ1n) is 13.8. The molecule has 224 valence electrons. The van der Waals surface area contributed by atoms with Crippen molar-refractivity contribution < 1.29 is 26.7 Å². The Labute approximate surface area is 239 Å². The van der Waals surface area contributed by atoms with Crippen LogP contribution in [-0.2, 0) is 12.7 Å². The Morgan fingerprint density at radius 2 is 1.71 bits per heavy atom. The minimum Gasteiger partial charge on any atom is -0.367 e. The molecule has 2 N–H and O–H groups in total. The van der Waals surface area contributed by atoms with E-state index in [0.29, 0.717) is 62.9 Å². The molecule has 5 rings (SSSR count). The summed E-state index contributed by atoms with van der Waals surface area (Å²) in [6.45, 7) is 4.45. The first-order chi connectivity index (χ1) is 20.0. The van der Waals surface area contributed by atoms with Crippen molar-refractivity contribution in [1.82, 2.24) is 14.8 Å². The molecular formula is C30H32F5N5O2. The Hall–Kier alpha value is -3.77. The van der Waals surface area contributed by atoms with Gasteiger partial charge in [-0.05, 0) is 55.3 Å². The van der Waals surface area contributed by atoms with E-state index in [0.717, 1.165) is 24.8 Å². The maximum Gasteiger partial charge on any atom is 0.417 e. The summed E-state index contributed by atoms with van der Waals surface area (Å²) in [6.07, 6.45) is -4.08. The van der Waals surface area contributed by atoms with Gasteiger partial charge in [0.2, 0.25) is 5.56 Å². The van der Waals surface area contributed by atoms with Gasteiger partial charge < -0.3 is 20.1 Å². The van der Waals surface area contributed by atoms with Gasteiger partial charge >= 0.3 is 6.18 Å². The topological polar surface area (TPSA) is 71.7 Å². The molecule has 12 heteroatoms. The molecule has 3 aromatic rings. The summed E-state index contributed by atoms with van der Waals surface area (Å²) in [5.74, 6) is -1.55. The summed E-state index contributed by atoms with van der Waals surface area (Å²) in [5, 5.41) is 2.60. The molecular weight excluding hydrogens is 557 g/mol. The summed E-state index contributed by atoms with van der Waals surface area (Å²) in [4.78, 5) is 33.2. The van der Waals surface area contributed by atoms with E-state index in [2.05, 4.69) is 20.1 Å². The van der Waals surface area contributed by atoms with Crippen molar-refractivity contribution in [3.05, 3.63) is 81.5 Å². The normalized spacial score (nSPS) is 17.4. The third-order valence-corrected chi connectivity index (χ3v) is 7.83. The number of aromatic nitrogens is 1. The average Bonchev–Trinajstić information content (AvgIpc) is 2.95. The van der Waals surface area contributed by atoms with Crippen LogP contribution in [0.4, 0.5) is 33.3 Å². The van der Waals surface area contributed by atoms with Gasteiger partial charge in [0.15, 0.2) is 0 Å². The number of aromatic amines is 1. The fourth-order valence-corrected chi connectivity index (χ4v) is 5.42. The zero-order valence-corrected chi connectivity index (χ0v) is 23.1. The van der Waals surface area contributed by atoms with E-state index >= 15 is 4.39 Å². The minimum atomic E-state index is -4.92. The van der Waals surface area contributed by atoms with Gasteiger partial charge in [0.25, 0.3) is 5.91 Å². The number of likely N-dealkylation sites (tertiary alicyclic amines) is 1. The highest BCUT2D eigenvalue weighted by molar-refractivity contribution is 6.07. The van der Waals surface area contributed by atoms with Crippen molar-refractivity contribution in [2.75, 3.05) is 56.5 Å². The molecule has 3 heterocycles. The number of carbonyl (C=O) groups is 1. The molecule has 1 aromatic heterocycles. The van der Waals surface area contributed by atoms with E-state index in [1.165, 1.54) is 6.07 Å². The van der Waals surface area contributed by atoms with Gasteiger partial charge in [-0.15, -0.1) is 0 Å². The second-order valence-electron chi connectivity index (χ2n) is 10.9. The number of nitrogens with zero attached hydrogens (tertiary/aromatic N) is 3. The fourth-order valence-electron chi connectivity index (χ4n) is 5.42. The number of benzene rings is 2. The number of hydrogen-bond donors (Lipinski definition) is 2. The van der Waals surface area contributed by atoms with Gasteiger partial charge in [0.1, 0.15) is 12.0 Å². The van der Waals surface area contributed by atoms with E-state index < -0.39 is 40.8 Å². The molecule has 2 saturated heterocycles. The second-order valence-corrected chi connectivity index (χ2v) is 10.9. The number of rotatable bonds is 6. The average molecular weight is 590 g/mol. The predicted octanol–water partition coefficient (Wildman–Crippen LogP) is 5.14. The summed E-state index contributed by atoms with van der Waals surface area (Å²) in [5.41, 5.74) is -0.724. The molecule has 42 heavy (non-hydrogen) atoms. The second kappa shape index (κ2) is 12.2. The third-order valence-electron chi connectivity index (χ3n) is 7.83. The Balaban J connectivity index is 1.49. The predicted molar refractivity (Wildman–Crippen MR) is 151 cm³/mol. The number of likely N-dealkylation sites (N-methyl/N-ethyl adjacent to an activating group) is 1. The maximum atomic E-state index is 15.1. The SMILES string of the molecule is CN1CCN(c2ccc(-c3cc(CN4CCC(F)CC4)ccc3F)cc2NC(=O)c2c[nH]c(=O)cc2C(F)(F)F)CC1. The van der Waals surface area contributed by atoms with Crippen molar-refractivity contribution in [2.24, 2.45) is 0 Å². The zero-order valence-electron chi connectivity index (χ0n) is 23.1. The van der Waals surface area contributed by atoms with Crippen molar-refractivity contribution in [3.8, 4) is 11.1 Å². The Morgan fingerprint density at radius 3 is 2.40 bits per heavy atom. The lowest BCUT2D eigenvalue weighted by atomic mass is 9.99. The third kappa shape index (κ3) is 6.81. The molecule has 7 nitrogen and oxygen atoms in total.